The van der Waals surface area contributed by atoms with Crippen LogP contribution in [-0.2, 0) is 11.2 Å². The number of aromatic nitrogens is 1. The topological polar surface area (TPSA) is 68.4 Å². The first-order chi connectivity index (χ1) is 6.60. The number of aliphatic hydroxyl groups is 1. The Balaban J connectivity index is 2.85. The van der Waals surface area contributed by atoms with Crippen molar-refractivity contribution in [1.82, 2.24) is 4.98 Å². The third kappa shape index (κ3) is 2.23. The largest absolute Gasteiger partial charge is 0.389 e. The van der Waals surface area contributed by atoms with Crippen molar-refractivity contribution in [3.05, 3.63) is 10.7 Å². The van der Waals surface area contributed by atoms with Crippen molar-refractivity contribution in [2.24, 2.45) is 0 Å². The Bertz CT molecular complexity index is 301. The molecule has 0 saturated heterocycles. The molecular formula is C9H16N2O2S. The second-order valence-corrected chi connectivity index (χ2v) is 4.16. The zero-order valence-corrected chi connectivity index (χ0v) is 9.47. The van der Waals surface area contributed by atoms with Crippen molar-refractivity contribution in [3.63, 3.8) is 0 Å². The maximum Gasteiger partial charge on any atom is 0.131 e. The maximum atomic E-state index is 9.79. The lowest BCUT2D eigenvalue weighted by Crippen LogP contribution is -2.16. The second-order valence-electron chi connectivity index (χ2n) is 3.10. The number of rotatable bonds is 4. The molecule has 1 aromatic heterocycles. The van der Waals surface area contributed by atoms with Crippen molar-refractivity contribution in [2.75, 3.05) is 12.8 Å². The Morgan fingerprint density at radius 2 is 2.29 bits per heavy atom. The van der Waals surface area contributed by atoms with E-state index in [4.69, 9.17) is 10.5 Å². The third-order valence-electron chi connectivity index (χ3n) is 2.15. The summed E-state index contributed by atoms with van der Waals surface area (Å²) in [6.45, 7) is 3.79. The zero-order valence-electron chi connectivity index (χ0n) is 8.65. The van der Waals surface area contributed by atoms with Gasteiger partial charge in [-0.3, -0.25) is 0 Å². The molecule has 0 aliphatic rings. The zero-order chi connectivity index (χ0) is 10.7. The lowest BCUT2D eigenvalue weighted by Gasteiger charge is -2.14. The number of nitrogen functional groups attached to an aromatic ring is 1. The molecule has 0 spiro atoms. The van der Waals surface area contributed by atoms with Crippen LogP contribution in [0.5, 0.6) is 0 Å². The Labute approximate surface area is 87.7 Å². The minimum atomic E-state index is -0.687. The number of aryl methyl sites for hydroxylation is 1. The lowest BCUT2D eigenvalue weighted by atomic mass is 10.2. The molecular weight excluding hydrogens is 200 g/mol. The molecule has 1 aromatic rings. The van der Waals surface area contributed by atoms with Crippen LogP contribution in [-0.4, -0.2) is 23.3 Å². The van der Waals surface area contributed by atoms with E-state index in [9.17, 15) is 5.11 Å². The highest BCUT2D eigenvalue weighted by molar-refractivity contribution is 7.15. The van der Waals surface area contributed by atoms with Gasteiger partial charge >= 0.3 is 0 Å². The van der Waals surface area contributed by atoms with Crippen LogP contribution >= 0.6 is 11.3 Å². The van der Waals surface area contributed by atoms with Gasteiger partial charge in [0.2, 0.25) is 0 Å². The highest BCUT2D eigenvalue weighted by Crippen LogP contribution is 2.28. The van der Waals surface area contributed by atoms with E-state index in [1.165, 1.54) is 11.3 Å². The van der Waals surface area contributed by atoms with Gasteiger partial charge in [-0.15, -0.1) is 0 Å². The van der Waals surface area contributed by atoms with E-state index in [0.717, 1.165) is 12.1 Å². The van der Waals surface area contributed by atoms with Gasteiger partial charge in [-0.05, 0) is 13.3 Å². The highest BCUT2D eigenvalue weighted by Gasteiger charge is 2.20. The summed E-state index contributed by atoms with van der Waals surface area (Å²) >= 11 is 1.33. The minimum Gasteiger partial charge on any atom is -0.389 e. The summed E-state index contributed by atoms with van der Waals surface area (Å²) in [5.41, 5.74) is 6.59. The van der Waals surface area contributed by atoms with Gasteiger partial charge in [0.15, 0.2) is 0 Å². The molecule has 0 radical (unpaired) electrons. The number of thiazole rings is 1. The molecule has 80 valence electrons. The molecule has 0 aliphatic carbocycles. The number of hydrogen-bond acceptors (Lipinski definition) is 5. The van der Waals surface area contributed by atoms with Gasteiger partial charge in [-0.25, -0.2) is 4.98 Å². The van der Waals surface area contributed by atoms with Gasteiger partial charge in [-0.2, -0.15) is 0 Å². The molecule has 0 fully saturated rings. The fourth-order valence-corrected chi connectivity index (χ4v) is 2.09. The van der Waals surface area contributed by atoms with E-state index in [0.29, 0.717) is 10.0 Å². The Morgan fingerprint density at radius 3 is 2.71 bits per heavy atom. The minimum absolute atomic E-state index is 0.259. The van der Waals surface area contributed by atoms with E-state index in [2.05, 4.69) is 4.98 Å². The van der Waals surface area contributed by atoms with Crippen LogP contribution in [0.25, 0.3) is 0 Å². The summed E-state index contributed by atoms with van der Waals surface area (Å²) < 4.78 is 5.02. The molecule has 0 aromatic carbocycles. The molecule has 2 unspecified atom stereocenters. The Hall–Kier alpha value is -0.650. The van der Waals surface area contributed by atoms with Crippen LogP contribution < -0.4 is 5.73 Å². The summed E-state index contributed by atoms with van der Waals surface area (Å²) in [5.74, 6) is 0. The normalized spacial score (nSPS) is 15.4. The van der Waals surface area contributed by atoms with Crippen LogP contribution in [0.4, 0.5) is 5.00 Å². The standard InChI is InChI=1S/C9H16N2O2S/c1-4-6-8(10)14-9(11-6)7(12)5(2)13-3/h5,7,12H,4,10H2,1-3H3. The van der Waals surface area contributed by atoms with E-state index in [1.54, 1.807) is 14.0 Å². The number of ether oxygens (including phenoxy) is 1. The van der Waals surface area contributed by atoms with Gasteiger partial charge in [0, 0.05) is 7.11 Å². The van der Waals surface area contributed by atoms with Gasteiger partial charge in [-0.1, -0.05) is 18.3 Å². The molecule has 0 bridgehead atoms. The van der Waals surface area contributed by atoms with Gasteiger partial charge < -0.3 is 15.6 Å². The molecule has 4 nitrogen and oxygen atoms in total. The predicted molar refractivity (Wildman–Crippen MR) is 57.3 cm³/mol. The second kappa shape index (κ2) is 4.72. The molecule has 1 heterocycles. The first kappa shape index (κ1) is 11.4. The predicted octanol–water partition coefficient (Wildman–Crippen LogP) is 1.36. The number of aliphatic hydroxyl groups excluding tert-OH is 1. The molecule has 0 saturated carbocycles. The van der Waals surface area contributed by atoms with Crippen molar-refractivity contribution in [2.45, 2.75) is 32.5 Å². The maximum absolute atomic E-state index is 9.79. The summed E-state index contributed by atoms with van der Waals surface area (Å²) in [6.07, 6.45) is -0.158. The first-order valence-corrected chi connectivity index (χ1v) is 5.37. The van der Waals surface area contributed by atoms with Crippen LogP contribution in [0.3, 0.4) is 0 Å². The molecule has 3 N–H and O–H groups in total. The summed E-state index contributed by atoms with van der Waals surface area (Å²) in [4.78, 5) is 4.26. The molecule has 0 aliphatic heterocycles. The summed E-state index contributed by atoms with van der Waals surface area (Å²) in [7, 11) is 1.56. The number of anilines is 1. The van der Waals surface area contributed by atoms with Crippen LogP contribution in [0.2, 0.25) is 0 Å². The van der Waals surface area contributed by atoms with E-state index < -0.39 is 6.10 Å². The van der Waals surface area contributed by atoms with Crippen LogP contribution in [0.1, 0.15) is 30.7 Å². The van der Waals surface area contributed by atoms with Gasteiger partial charge in [0.1, 0.15) is 16.1 Å². The van der Waals surface area contributed by atoms with E-state index >= 15 is 0 Å². The van der Waals surface area contributed by atoms with E-state index in [-0.39, 0.29) is 6.10 Å². The summed E-state index contributed by atoms with van der Waals surface area (Å²) in [6, 6.07) is 0. The van der Waals surface area contributed by atoms with Crippen LogP contribution in [0, 0.1) is 0 Å². The fourth-order valence-electron chi connectivity index (χ4n) is 1.09. The van der Waals surface area contributed by atoms with Crippen molar-refractivity contribution < 1.29 is 9.84 Å². The van der Waals surface area contributed by atoms with Crippen molar-refractivity contribution in [1.29, 1.82) is 0 Å². The van der Waals surface area contributed by atoms with E-state index in [1.807, 2.05) is 6.92 Å². The average molecular weight is 216 g/mol. The lowest BCUT2D eigenvalue weighted by molar-refractivity contribution is -0.00157. The molecule has 14 heavy (non-hydrogen) atoms. The smallest absolute Gasteiger partial charge is 0.131 e. The monoisotopic (exact) mass is 216 g/mol. The average Bonchev–Trinajstić information content (AvgIpc) is 2.57. The highest BCUT2D eigenvalue weighted by atomic mass is 32.1. The quantitative estimate of drug-likeness (QED) is 0.797. The fraction of sp³-hybridized carbons (Fsp3) is 0.667. The number of nitrogens with zero attached hydrogens (tertiary/aromatic N) is 1. The number of hydrogen-bond donors (Lipinski definition) is 2. The number of methoxy groups -OCH3 is 1. The SMILES string of the molecule is CCc1nc(C(O)C(C)OC)sc1N. The Kier molecular flexibility index (Phi) is 3.86. The third-order valence-corrected chi connectivity index (χ3v) is 3.15. The van der Waals surface area contributed by atoms with Crippen molar-refractivity contribution in [3.8, 4) is 0 Å². The molecule has 1 rings (SSSR count). The molecule has 0 amide bonds. The van der Waals surface area contributed by atoms with Gasteiger partial charge in [0.05, 0.1) is 11.8 Å². The van der Waals surface area contributed by atoms with Gasteiger partial charge in [0.25, 0.3) is 0 Å². The molecule has 2 atom stereocenters. The Morgan fingerprint density at radius 1 is 1.64 bits per heavy atom. The van der Waals surface area contributed by atoms with Crippen molar-refractivity contribution >= 4 is 16.3 Å². The first-order valence-electron chi connectivity index (χ1n) is 4.56. The molecule has 5 heteroatoms. The number of nitrogens with two attached hydrogens (primary N) is 1. The summed E-state index contributed by atoms with van der Waals surface area (Å²) in [5, 5.41) is 11.1. The van der Waals surface area contributed by atoms with Crippen LogP contribution in [0.15, 0.2) is 0 Å².